The highest BCUT2D eigenvalue weighted by molar-refractivity contribution is 5.81. The van der Waals surface area contributed by atoms with E-state index in [2.05, 4.69) is 0 Å². The van der Waals surface area contributed by atoms with E-state index in [4.69, 9.17) is 0 Å². The first-order valence-electron chi connectivity index (χ1n) is 4.72. The van der Waals surface area contributed by atoms with Crippen LogP contribution in [0.1, 0.15) is 39.0 Å². The third-order valence-electron chi connectivity index (χ3n) is 2.57. The summed E-state index contributed by atoms with van der Waals surface area (Å²) in [4.78, 5) is 21.7. The van der Waals surface area contributed by atoms with Crippen molar-refractivity contribution in [2.24, 2.45) is 11.8 Å². The number of hydrogen-bond acceptors (Lipinski definition) is 2. The summed E-state index contributed by atoms with van der Waals surface area (Å²) in [6, 6.07) is 0. The van der Waals surface area contributed by atoms with E-state index >= 15 is 0 Å². The highest BCUT2D eigenvalue weighted by Crippen LogP contribution is 2.25. The van der Waals surface area contributed by atoms with E-state index in [1.807, 2.05) is 6.92 Å². The van der Waals surface area contributed by atoms with Crippen LogP contribution in [0.2, 0.25) is 0 Å². The number of carbonyl (C=O) groups is 2. The molecule has 68 valence electrons. The van der Waals surface area contributed by atoms with Crippen molar-refractivity contribution in [3.05, 3.63) is 0 Å². The normalized spacial score (nSPS) is 26.8. The smallest absolute Gasteiger partial charge is 0.135 e. The Bertz CT molecular complexity index is 175. The molecule has 0 radical (unpaired) electrons. The molecule has 1 aliphatic rings. The maximum Gasteiger partial charge on any atom is 0.135 e. The second-order valence-electron chi connectivity index (χ2n) is 3.76. The van der Waals surface area contributed by atoms with Gasteiger partial charge in [-0.3, -0.25) is 4.79 Å². The molecular formula is C10H16O2. The van der Waals surface area contributed by atoms with E-state index < -0.39 is 0 Å². The van der Waals surface area contributed by atoms with Gasteiger partial charge in [0.25, 0.3) is 0 Å². The first-order chi connectivity index (χ1) is 5.74. The van der Waals surface area contributed by atoms with Crippen molar-refractivity contribution >= 4 is 12.1 Å². The summed E-state index contributed by atoms with van der Waals surface area (Å²) in [5, 5.41) is 0. The van der Waals surface area contributed by atoms with Crippen LogP contribution < -0.4 is 0 Å². The van der Waals surface area contributed by atoms with Gasteiger partial charge >= 0.3 is 0 Å². The zero-order chi connectivity index (χ0) is 8.97. The predicted octanol–water partition coefficient (Wildman–Crippen LogP) is 1.97. The molecule has 1 saturated carbocycles. The van der Waals surface area contributed by atoms with Crippen molar-refractivity contribution in [1.29, 1.82) is 0 Å². The van der Waals surface area contributed by atoms with E-state index in [9.17, 15) is 9.59 Å². The number of rotatable bonds is 3. The topological polar surface area (TPSA) is 34.1 Å². The largest absolute Gasteiger partial charge is 0.303 e. The fraction of sp³-hybridized carbons (Fsp3) is 0.800. The molecule has 2 heteroatoms. The fourth-order valence-corrected chi connectivity index (χ4v) is 1.81. The Balaban J connectivity index is 2.38. The molecule has 1 fully saturated rings. The van der Waals surface area contributed by atoms with Gasteiger partial charge in [0.2, 0.25) is 0 Å². The Morgan fingerprint density at radius 3 is 2.92 bits per heavy atom. The Morgan fingerprint density at radius 2 is 2.33 bits per heavy atom. The second kappa shape index (κ2) is 4.39. The van der Waals surface area contributed by atoms with Gasteiger partial charge in [0.15, 0.2) is 0 Å². The highest BCUT2D eigenvalue weighted by atomic mass is 16.1. The van der Waals surface area contributed by atoms with Crippen molar-refractivity contribution < 1.29 is 9.59 Å². The van der Waals surface area contributed by atoms with Crippen LogP contribution in [0.4, 0.5) is 0 Å². The summed E-state index contributed by atoms with van der Waals surface area (Å²) in [7, 11) is 0. The highest BCUT2D eigenvalue weighted by Gasteiger charge is 2.23. The van der Waals surface area contributed by atoms with E-state index in [1.165, 1.54) is 0 Å². The van der Waals surface area contributed by atoms with Crippen LogP contribution in [-0.4, -0.2) is 12.1 Å². The minimum Gasteiger partial charge on any atom is -0.303 e. The summed E-state index contributed by atoms with van der Waals surface area (Å²) in [6.45, 7) is 1.88. The lowest BCUT2D eigenvalue weighted by Crippen LogP contribution is -2.21. The third-order valence-corrected chi connectivity index (χ3v) is 2.57. The molecule has 2 atom stereocenters. The fourth-order valence-electron chi connectivity index (χ4n) is 1.81. The Morgan fingerprint density at radius 1 is 1.58 bits per heavy atom. The van der Waals surface area contributed by atoms with Gasteiger partial charge in [-0.05, 0) is 19.3 Å². The van der Waals surface area contributed by atoms with Crippen molar-refractivity contribution in [2.75, 3.05) is 0 Å². The molecule has 0 aromatic rings. The Hall–Kier alpha value is -0.660. The van der Waals surface area contributed by atoms with E-state index in [0.29, 0.717) is 5.78 Å². The van der Waals surface area contributed by atoms with E-state index in [1.54, 1.807) is 0 Å². The lowest BCUT2D eigenvalue weighted by molar-refractivity contribution is -0.125. The summed E-state index contributed by atoms with van der Waals surface area (Å²) >= 11 is 0. The average molecular weight is 168 g/mol. The number of ketones is 1. The Labute approximate surface area is 73.3 Å². The van der Waals surface area contributed by atoms with Crippen LogP contribution in [-0.2, 0) is 9.59 Å². The SMILES string of the molecule is CC(C=O)CC1CCCCC1=O. The zero-order valence-electron chi connectivity index (χ0n) is 7.58. The molecule has 0 amide bonds. The second-order valence-corrected chi connectivity index (χ2v) is 3.76. The van der Waals surface area contributed by atoms with Crippen LogP contribution in [0, 0.1) is 11.8 Å². The molecule has 0 aliphatic heterocycles. The van der Waals surface area contributed by atoms with Crippen LogP contribution in [0.25, 0.3) is 0 Å². The van der Waals surface area contributed by atoms with Crippen LogP contribution >= 0.6 is 0 Å². The minimum absolute atomic E-state index is 0.0528. The molecule has 0 aromatic carbocycles. The average Bonchev–Trinajstić information content (AvgIpc) is 2.09. The van der Waals surface area contributed by atoms with Gasteiger partial charge in [-0.1, -0.05) is 13.3 Å². The van der Waals surface area contributed by atoms with Gasteiger partial charge in [-0.2, -0.15) is 0 Å². The maximum atomic E-state index is 11.3. The lowest BCUT2D eigenvalue weighted by Gasteiger charge is -2.21. The van der Waals surface area contributed by atoms with Crippen molar-refractivity contribution in [2.45, 2.75) is 39.0 Å². The van der Waals surface area contributed by atoms with Crippen LogP contribution in [0.3, 0.4) is 0 Å². The minimum atomic E-state index is 0.0528. The molecule has 1 aliphatic carbocycles. The molecule has 2 nitrogen and oxygen atoms in total. The molecule has 1 rings (SSSR count). The van der Waals surface area contributed by atoms with Crippen molar-refractivity contribution in [1.82, 2.24) is 0 Å². The van der Waals surface area contributed by atoms with Gasteiger partial charge < -0.3 is 4.79 Å². The molecule has 0 bridgehead atoms. The number of carbonyl (C=O) groups excluding carboxylic acids is 2. The first-order valence-corrected chi connectivity index (χ1v) is 4.72. The quantitative estimate of drug-likeness (QED) is 0.604. The van der Waals surface area contributed by atoms with E-state index in [-0.39, 0.29) is 11.8 Å². The summed E-state index contributed by atoms with van der Waals surface area (Å²) in [6.07, 6.45) is 5.64. The molecule has 0 aromatic heterocycles. The van der Waals surface area contributed by atoms with Crippen LogP contribution in [0.5, 0.6) is 0 Å². The van der Waals surface area contributed by atoms with Gasteiger partial charge in [-0.25, -0.2) is 0 Å². The van der Waals surface area contributed by atoms with Gasteiger partial charge in [-0.15, -0.1) is 0 Å². The standard InChI is InChI=1S/C10H16O2/c1-8(7-11)6-9-4-2-3-5-10(9)12/h7-9H,2-6H2,1H3. The van der Waals surface area contributed by atoms with Gasteiger partial charge in [0, 0.05) is 18.3 Å². The zero-order valence-corrected chi connectivity index (χ0v) is 7.58. The van der Waals surface area contributed by atoms with Crippen LogP contribution in [0.15, 0.2) is 0 Å². The number of hydrogen-bond donors (Lipinski definition) is 0. The molecule has 0 heterocycles. The van der Waals surface area contributed by atoms with Gasteiger partial charge in [0.1, 0.15) is 12.1 Å². The van der Waals surface area contributed by atoms with E-state index in [0.717, 1.165) is 38.4 Å². The van der Waals surface area contributed by atoms with Crippen molar-refractivity contribution in [3.8, 4) is 0 Å². The summed E-state index contributed by atoms with van der Waals surface area (Å²) in [5.41, 5.74) is 0. The molecule has 12 heavy (non-hydrogen) atoms. The lowest BCUT2D eigenvalue weighted by atomic mass is 9.82. The number of aldehydes is 1. The number of Topliss-reactive ketones (excluding diaryl/α,β-unsaturated/α-hetero) is 1. The first kappa shape index (κ1) is 9.43. The monoisotopic (exact) mass is 168 g/mol. The molecular weight excluding hydrogens is 152 g/mol. The molecule has 0 N–H and O–H groups in total. The molecule has 0 spiro atoms. The summed E-state index contributed by atoms with van der Waals surface area (Å²) in [5.74, 6) is 0.603. The molecule has 2 unspecified atom stereocenters. The van der Waals surface area contributed by atoms with Gasteiger partial charge in [0.05, 0.1) is 0 Å². The predicted molar refractivity (Wildman–Crippen MR) is 46.8 cm³/mol. The Kier molecular flexibility index (Phi) is 3.45. The molecule has 0 saturated heterocycles. The maximum absolute atomic E-state index is 11.3. The summed E-state index contributed by atoms with van der Waals surface area (Å²) < 4.78 is 0. The third kappa shape index (κ3) is 2.43. The van der Waals surface area contributed by atoms with Crippen molar-refractivity contribution in [3.63, 3.8) is 0 Å².